The molecule has 3 aromatic carbocycles. The Hall–Kier alpha value is -8.09. The molecule has 10 atom stereocenters. The van der Waals surface area contributed by atoms with Crippen LogP contribution in [0, 0.1) is 5.92 Å². The Morgan fingerprint density at radius 2 is 0.810 bits per heavy atom. The van der Waals surface area contributed by atoms with Crippen molar-refractivity contribution < 1.29 is 83.1 Å². The highest BCUT2D eigenvalue weighted by molar-refractivity contribution is 7.98. The van der Waals surface area contributed by atoms with Crippen LogP contribution in [0.1, 0.15) is 56.7 Å². The number of aromatic hydroxyl groups is 2. The van der Waals surface area contributed by atoms with Crippen LogP contribution in [0.25, 0.3) is 0 Å². The molecule has 0 heterocycles. The summed E-state index contributed by atoms with van der Waals surface area (Å²) in [5, 5.41) is 70.1. The zero-order valence-electron chi connectivity index (χ0n) is 46.2. The van der Waals surface area contributed by atoms with E-state index in [-0.39, 0.29) is 48.7 Å². The SMILES string of the molecule is CSCC[C@H](NC(=O)[C@H](Cc1ccc(O)cc1)NC(=O)[C@H](CS)NC(=O)[C@H](C)NC(=O)[C@H](Cc1ccccc1)NC(=O)[C@H](CC(=O)O)NC(=O)[C@H](CS)NC(=O)[C@@H](N)Cc1ccc(O)cc1)C(=O)N[C@@H](CC(=O)O)C(=O)N[C@H](C(=O)O)C(C)C. The van der Waals surface area contributed by atoms with E-state index in [4.69, 9.17) is 5.73 Å². The van der Waals surface area contributed by atoms with Gasteiger partial charge in [0.05, 0.1) is 18.9 Å². The van der Waals surface area contributed by atoms with Gasteiger partial charge in [0.1, 0.15) is 65.9 Å². The van der Waals surface area contributed by atoms with Crippen LogP contribution < -0.4 is 53.6 Å². The lowest BCUT2D eigenvalue weighted by Gasteiger charge is -2.27. The molecule has 0 aliphatic rings. The predicted octanol–water partition coefficient (Wildman–Crippen LogP) is -1.86. The number of thioether (sulfide) groups is 1. The number of carboxylic acid groups (broad SMARTS) is 3. The van der Waals surface area contributed by atoms with Crippen molar-refractivity contribution in [2.24, 2.45) is 11.7 Å². The van der Waals surface area contributed by atoms with Crippen LogP contribution in [-0.4, -0.2) is 181 Å². The van der Waals surface area contributed by atoms with Crippen LogP contribution in [0.4, 0.5) is 0 Å². The van der Waals surface area contributed by atoms with Crippen molar-refractivity contribution >= 4 is 108 Å². The molecule has 0 unspecified atom stereocenters. The molecule has 0 aliphatic carbocycles. The molecule has 0 aromatic heterocycles. The molecule has 0 saturated heterocycles. The second-order valence-corrected chi connectivity index (χ2v) is 21.3. The van der Waals surface area contributed by atoms with E-state index in [9.17, 15) is 83.1 Å². The van der Waals surface area contributed by atoms with Crippen molar-refractivity contribution in [3.63, 3.8) is 0 Å². The number of hydrogen-bond donors (Lipinski definition) is 17. The highest BCUT2D eigenvalue weighted by Crippen LogP contribution is 2.15. The molecule has 3 rings (SSSR count). The summed E-state index contributed by atoms with van der Waals surface area (Å²) in [6.45, 7) is 4.23. The van der Waals surface area contributed by atoms with Gasteiger partial charge >= 0.3 is 17.9 Å². The molecule has 16 N–H and O–H groups in total. The molecule has 27 nitrogen and oxygen atoms in total. The first kappa shape index (κ1) is 70.2. The topological polar surface area (TPSA) is 440 Å². The molecule has 9 amide bonds. The molecule has 0 aliphatic heterocycles. The molecular formula is C54H72N10O17S3. The molecule has 84 heavy (non-hydrogen) atoms. The molecule has 0 spiro atoms. The fourth-order valence-electron chi connectivity index (χ4n) is 7.86. The molecule has 3 aromatic rings. The van der Waals surface area contributed by atoms with Gasteiger partial charge < -0.3 is 79.1 Å². The average molecular weight is 1230 g/mol. The second kappa shape index (κ2) is 35.1. The van der Waals surface area contributed by atoms with E-state index in [2.05, 4.69) is 73.1 Å². The van der Waals surface area contributed by atoms with Gasteiger partial charge in [-0.1, -0.05) is 68.4 Å². The summed E-state index contributed by atoms with van der Waals surface area (Å²) in [4.78, 5) is 159. The van der Waals surface area contributed by atoms with Gasteiger partial charge in [0.15, 0.2) is 0 Å². The fourth-order valence-corrected chi connectivity index (χ4v) is 8.84. The Kier molecular flexibility index (Phi) is 29.4. The lowest BCUT2D eigenvalue weighted by Crippen LogP contribution is -2.61. The van der Waals surface area contributed by atoms with E-state index in [1.807, 2.05) is 0 Å². The summed E-state index contributed by atoms with van der Waals surface area (Å²) in [7, 11) is 0. The third-order valence-electron chi connectivity index (χ3n) is 12.5. The number of carbonyl (C=O) groups is 12. The molecule has 30 heteroatoms. The zero-order chi connectivity index (χ0) is 62.8. The van der Waals surface area contributed by atoms with Crippen LogP contribution in [-0.2, 0) is 76.8 Å². The van der Waals surface area contributed by atoms with Crippen LogP contribution in [0.5, 0.6) is 11.5 Å². The smallest absolute Gasteiger partial charge is 0.326 e. The molecular weight excluding hydrogens is 1160 g/mol. The number of carboxylic acids is 3. The van der Waals surface area contributed by atoms with E-state index in [0.717, 1.165) is 0 Å². The molecule has 0 radical (unpaired) electrons. The summed E-state index contributed by atoms with van der Waals surface area (Å²) >= 11 is 9.64. The number of hydrogen-bond acceptors (Lipinski definition) is 18. The minimum Gasteiger partial charge on any atom is -0.508 e. The molecule has 0 fully saturated rings. The van der Waals surface area contributed by atoms with Crippen molar-refractivity contribution in [2.45, 2.75) is 120 Å². The number of phenols is 2. The second-order valence-electron chi connectivity index (χ2n) is 19.6. The maximum atomic E-state index is 14.2. The number of nitrogens with two attached hydrogens (primary N) is 1. The van der Waals surface area contributed by atoms with E-state index in [1.54, 1.807) is 48.7 Å². The zero-order valence-corrected chi connectivity index (χ0v) is 48.8. The Morgan fingerprint density at radius 3 is 1.24 bits per heavy atom. The standard InChI is InChI=1S/C54H72N10O17S3/c1-27(2)44(54(80)81)64-51(77)39(24-43(69)70)60-47(73)35(18-19-84-4)57-49(75)37(22-31-12-16-33(66)17-13-31)59-52(78)40(25-82)62-45(71)28(3)56-48(74)36(21-29-8-6-5-7-9-29)58-50(76)38(23-42(67)68)61-53(79)41(26-83)63-46(72)34(55)20-30-10-14-32(65)15-11-30/h5-17,27-28,34-41,44,65-66,82-83H,18-26,55H2,1-4H3,(H,56,74)(H,57,75)(H,58,76)(H,59,78)(H,60,73)(H,61,79)(H,62,71)(H,63,72)(H,64,77)(H,67,68)(H,69,70)(H,80,81)/t28-,34-,35-,36-,37-,38-,39-,40-,41-,44-/m0/s1. The van der Waals surface area contributed by atoms with Crippen LogP contribution in [0.2, 0.25) is 0 Å². The molecule has 0 bridgehead atoms. The minimum absolute atomic E-state index is 0.00924. The highest BCUT2D eigenvalue weighted by atomic mass is 32.2. The van der Waals surface area contributed by atoms with Gasteiger partial charge in [0.2, 0.25) is 53.2 Å². The Morgan fingerprint density at radius 1 is 0.452 bits per heavy atom. The van der Waals surface area contributed by atoms with Gasteiger partial charge in [-0.05, 0) is 78.6 Å². The fraction of sp³-hybridized carbons (Fsp3) is 0.444. The minimum atomic E-state index is -1.83. The van der Waals surface area contributed by atoms with E-state index < -0.39 is 156 Å². The maximum absolute atomic E-state index is 14.2. The number of aliphatic carboxylic acids is 3. The largest absolute Gasteiger partial charge is 0.508 e. The summed E-state index contributed by atoms with van der Waals surface area (Å²) in [5.74, 6) is -14.7. The summed E-state index contributed by atoms with van der Waals surface area (Å²) in [5.41, 5.74) is 7.54. The number of amides is 9. The van der Waals surface area contributed by atoms with Crippen molar-refractivity contribution in [3.05, 3.63) is 95.6 Å². The Labute approximate surface area is 498 Å². The normalized spacial score (nSPS) is 14.6. The number of phenolic OH excluding ortho intramolecular Hbond substituents is 2. The first-order valence-electron chi connectivity index (χ1n) is 26.1. The highest BCUT2D eigenvalue weighted by Gasteiger charge is 2.36. The monoisotopic (exact) mass is 1230 g/mol. The van der Waals surface area contributed by atoms with Crippen molar-refractivity contribution in [1.29, 1.82) is 0 Å². The predicted molar refractivity (Wildman–Crippen MR) is 312 cm³/mol. The first-order valence-corrected chi connectivity index (χ1v) is 28.8. The van der Waals surface area contributed by atoms with Gasteiger partial charge in [-0.15, -0.1) is 0 Å². The number of benzene rings is 3. The van der Waals surface area contributed by atoms with Gasteiger partial charge in [-0.3, -0.25) is 52.7 Å². The van der Waals surface area contributed by atoms with Crippen molar-refractivity contribution in [1.82, 2.24) is 47.9 Å². The lowest BCUT2D eigenvalue weighted by atomic mass is 10.0. The third-order valence-corrected chi connectivity index (χ3v) is 13.9. The Bertz CT molecular complexity index is 2780. The number of rotatable bonds is 35. The van der Waals surface area contributed by atoms with Crippen molar-refractivity contribution in [2.75, 3.05) is 23.5 Å². The van der Waals surface area contributed by atoms with Gasteiger partial charge in [-0.2, -0.15) is 37.0 Å². The van der Waals surface area contributed by atoms with E-state index >= 15 is 0 Å². The first-order chi connectivity index (χ1) is 39.7. The number of thiol groups is 2. The average Bonchev–Trinajstić information content (AvgIpc) is 3.66. The summed E-state index contributed by atoms with van der Waals surface area (Å²) < 4.78 is 0. The molecule has 458 valence electrons. The quantitative estimate of drug-likeness (QED) is 0.0287. The van der Waals surface area contributed by atoms with Crippen LogP contribution in [0.15, 0.2) is 78.9 Å². The molecule has 0 saturated carbocycles. The Balaban J connectivity index is 1.82. The summed E-state index contributed by atoms with van der Waals surface area (Å²) in [6.07, 6.45) is -0.847. The van der Waals surface area contributed by atoms with Gasteiger partial charge in [0.25, 0.3) is 0 Å². The van der Waals surface area contributed by atoms with Crippen LogP contribution in [0.3, 0.4) is 0 Å². The lowest BCUT2D eigenvalue weighted by molar-refractivity contribution is -0.144. The number of nitrogens with one attached hydrogen (secondary N) is 9. The number of carbonyl (C=O) groups excluding carboxylic acids is 9. The maximum Gasteiger partial charge on any atom is 0.326 e. The van der Waals surface area contributed by atoms with Crippen LogP contribution >= 0.6 is 37.0 Å². The van der Waals surface area contributed by atoms with Gasteiger partial charge in [-0.25, -0.2) is 4.79 Å². The van der Waals surface area contributed by atoms with E-state index in [0.29, 0.717) is 16.7 Å². The third kappa shape index (κ3) is 24.0. The van der Waals surface area contributed by atoms with Gasteiger partial charge in [0, 0.05) is 24.3 Å². The van der Waals surface area contributed by atoms with E-state index in [1.165, 1.54) is 68.9 Å². The summed E-state index contributed by atoms with van der Waals surface area (Å²) in [6, 6.07) is 4.34. The van der Waals surface area contributed by atoms with Crippen molar-refractivity contribution in [3.8, 4) is 11.5 Å².